The number of furan rings is 1. The van der Waals surface area contributed by atoms with E-state index in [2.05, 4.69) is 15.6 Å². The van der Waals surface area contributed by atoms with E-state index in [1.54, 1.807) is 48.7 Å². The van der Waals surface area contributed by atoms with E-state index in [1.807, 2.05) is 13.0 Å². The zero-order chi connectivity index (χ0) is 19.8. The van der Waals surface area contributed by atoms with E-state index in [9.17, 15) is 9.59 Å². The van der Waals surface area contributed by atoms with Gasteiger partial charge in [0.1, 0.15) is 5.76 Å². The summed E-state index contributed by atoms with van der Waals surface area (Å²) in [5.74, 6) is 0.705. The van der Waals surface area contributed by atoms with E-state index in [0.29, 0.717) is 42.5 Å². The van der Waals surface area contributed by atoms with Crippen LogP contribution in [0.2, 0.25) is 0 Å². The van der Waals surface area contributed by atoms with E-state index >= 15 is 0 Å². The molecule has 0 aliphatic rings. The number of rotatable bonds is 8. The average molecular weight is 379 g/mol. The summed E-state index contributed by atoms with van der Waals surface area (Å²) in [6.45, 7) is 3.00. The molecule has 0 saturated carbocycles. The number of hydrogen-bond donors (Lipinski definition) is 2. The second kappa shape index (κ2) is 9.36. The maximum absolute atomic E-state index is 12.3. The molecule has 3 rings (SSSR count). The summed E-state index contributed by atoms with van der Waals surface area (Å²) in [4.78, 5) is 28.6. The van der Waals surface area contributed by atoms with Crippen molar-refractivity contribution < 1.29 is 18.7 Å². The summed E-state index contributed by atoms with van der Waals surface area (Å²) in [5, 5.41) is 5.62. The summed E-state index contributed by atoms with van der Waals surface area (Å²) in [6.07, 6.45) is 3.03. The van der Waals surface area contributed by atoms with Crippen molar-refractivity contribution in [3.05, 3.63) is 83.4 Å². The molecule has 0 aliphatic heterocycles. The molecule has 2 heterocycles. The van der Waals surface area contributed by atoms with Gasteiger partial charge in [-0.05, 0) is 42.8 Å². The van der Waals surface area contributed by atoms with Crippen LogP contribution in [-0.4, -0.2) is 23.4 Å². The monoisotopic (exact) mass is 379 g/mol. The molecule has 0 unspecified atom stereocenters. The van der Waals surface area contributed by atoms with Crippen molar-refractivity contribution in [1.82, 2.24) is 15.6 Å². The van der Waals surface area contributed by atoms with E-state index in [1.165, 1.54) is 6.20 Å². The smallest absolute Gasteiger partial charge is 0.253 e. The zero-order valence-electron chi connectivity index (χ0n) is 15.5. The van der Waals surface area contributed by atoms with Crippen molar-refractivity contribution in [2.75, 3.05) is 6.61 Å². The lowest BCUT2D eigenvalue weighted by Crippen LogP contribution is -2.24. The Bertz CT molecular complexity index is 921. The Hall–Kier alpha value is -3.61. The van der Waals surface area contributed by atoms with Crippen LogP contribution in [-0.2, 0) is 13.1 Å². The summed E-state index contributed by atoms with van der Waals surface area (Å²) in [6, 6.07) is 14.0. The molecule has 0 saturated heterocycles. The van der Waals surface area contributed by atoms with Gasteiger partial charge in [0.2, 0.25) is 5.88 Å². The van der Waals surface area contributed by atoms with Crippen LogP contribution >= 0.6 is 0 Å². The number of carbonyl (C=O) groups is 2. The van der Waals surface area contributed by atoms with E-state index < -0.39 is 0 Å². The molecule has 0 bridgehead atoms. The minimum atomic E-state index is -0.247. The third kappa shape index (κ3) is 5.20. The topological polar surface area (TPSA) is 93.5 Å². The maximum atomic E-state index is 12.3. The summed E-state index contributed by atoms with van der Waals surface area (Å²) in [7, 11) is 0. The highest BCUT2D eigenvalue weighted by atomic mass is 16.5. The van der Waals surface area contributed by atoms with E-state index in [-0.39, 0.29) is 11.8 Å². The molecule has 2 amide bonds. The predicted octanol–water partition coefficient (Wildman–Crippen LogP) is 2.93. The number of benzene rings is 1. The molecule has 0 fully saturated rings. The summed E-state index contributed by atoms with van der Waals surface area (Å²) < 4.78 is 10.5. The van der Waals surface area contributed by atoms with Crippen molar-refractivity contribution in [2.45, 2.75) is 20.0 Å². The predicted molar refractivity (Wildman–Crippen MR) is 103 cm³/mol. The molecule has 1 aromatic carbocycles. The maximum Gasteiger partial charge on any atom is 0.253 e. The molecular weight excluding hydrogens is 358 g/mol. The Labute approximate surface area is 162 Å². The Kier molecular flexibility index (Phi) is 6.41. The number of carbonyl (C=O) groups excluding carboxylic acids is 2. The van der Waals surface area contributed by atoms with Crippen LogP contribution in [0.1, 0.15) is 39.0 Å². The van der Waals surface area contributed by atoms with Gasteiger partial charge in [0.25, 0.3) is 11.8 Å². The van der Waals surface area contributed by atoms with Crippen molar-refractivity contribution in [2.24, 2.45) is 0 Å². The molecule has 0 radical (unpaired) electrons. The number of pyridine rings is 1. The van der Waals surface area contributed by atoms with Gasteiger partial charge in [0.05, 0.1) is 25.0 Å². The first-order valence-electron chi connectivity index (χ1n) is 8.92. The number of nitrogens with one attached hydrogen (secondary N) is 2. The van der Waals surface area contributed by atoms with Crippen LogP contribution in [0.25, 0.3) is 0 Å². The van der Waals surface area contributed by atoms with Gasteiger partial charge in [-0.15, -0.1) is 0 Å². The lowest BCUT2D eigenvalue weighted by atomic mass is 10.1. The highest BCUT2D eigenvalue weighted by Crippen LogP contribution is 2.09. The van der Waals surface area contributed by atoms with Crippen LogP contribution in [0.5, 0.6) is 5.88 Å². The van der Waals surface area contributed by atoms with Crippen molar-refractivity contribution in [1.29, 1.82) is 0 Å². The molecule has 144 valence electrons. The molecule has 0 atom stereocenters. The third-order valence-electron chi connectivity index (χ3n) is 3.94. The van der Waals surface area contributed by atoms with Crippen LogP contribution < -0.4 is 15.4 Å². The largest absolute Gasteiger partial charge is 0.478 e. The van der Waals surface area contributed by atoms with Gasteiger partial charge in [-0.25, -0.2) is 4.98 Å². The first kappa shape index (κ1) is 19.2. The molecule has 2 aromatic heterocycles. The number of nitrogens with zero attached hydrogens (tertiary/aromatic N) is 1. The fourth-order valence-corrected chi connectivity index (χ4v) is 2.54. The summed E-state index contributed by atoms with van der Waals surface area (Å²) >= 11 is 0. The number of hydrogen-bond acceptors (Lipinski definition) is 5. The Morgan fingerprint density at radius 2 is 1.82 bits per heavy atom. The Morgan fingerprint density at radius 3 is 2.54 bits per heavy atom. The first-order chi connectivity index (χ1) is 13.7. The molecule has 0 aliphatic carbocycles. The first-order valence-corrected chi connectivity index (χ1v) is 8.92. The van der Waals surface area contributed by atoms with Crippen molar-refractivity contribution in [3.8, 4) is 5.88 Å². The van der Waals surface area contributed by atoms with Crippen LogP contribution in [0.3, 0.4) is 0 Å². The standard InChI is InChI=1S/C21H21N3O4/c1-2-27-19-9-8-17(13-22-19)21(26)23-12-15-5-3-6-16(11-15)20(25)24-14-18-7-4-10-28-18/h3-11,13H,2,12,14H2,1H3,(H,23,26)(H,24,25). The lowest BCUT2D eigenvalue weighted by Gasteiger charge is -2.08. The Morgan fingerprint density at radius 1 is 1.00 bits per heavy atom. The fourth-order valence-electron chi connectivity index (χ4n) is 2.54. The molecule has 28 heavy (non-hydrogen) atoms. The number of aromatic nitrogens is 1. The molecule has 2 N–H and O–H groups in total. The van der Waals surface area contributed by atoms with Crippen LogP contribution in [0.15, 0.2) is 65.4 Å². The van der Waals surface area contributed by atoms with Crippen molar-refractivity contribution in [3.63, 3.8) is 0 Å². The molecule has 7 heteroatoms. The van der Waals surface area contributed by atoms with Gasteiger partial charge in [0, 0.05) is 24.4 Å². The van der Waals surface area contributed by atoms with Gasteiger partial charge in [0.15, 0.2) is 0 Å². The third-order valence-corrected chi connectivity index (χ3v) is 3.94. The average Bonchev–Trinajstić information content (AvgIpc) is 3.25. The highest BCUT2D eigenvalue weighted by molar-refractivity contribution is 5.95. The summed E-state index contributed by atoms with van der Waals surface area (Å²) in [5.41, 5.74) is 1.77. The Balaban J connectivity index is 1.55. The molecule has 0 spiro atoms. The minimum Gasteiger partial charge on any atom is -0.478 e. The van der Waals surface area contributed by atoms with Gasteiger partial charge in [-0.1, -0.05) is 12.1 Å². The van der Waals surface area contributed by atoms with Gasteiger partial charge < -0.3 is 19.8 Å². The second-order valence-corrected chi connectivity index (χ2v) is 5.96. The second-order valence-electron chi connectivity index (χ2n) is 5.96. The molecular formula is C21H21N3O4. The lowest BCUT2D eigenvalue weighted by molar-refractivity contribution is 0.0943. The van der Waals surface area contributed by atoms with Gasteiger partial charge >= 0.3 is 0 Å². The van der Waals surface area contributed by atoms with E-state index in [4.69, 9.17) is 9.15 Å². The van der Waals surface area contributed by atoms with Crippen molar-refractivity contribution >= 4 is 11.8 Å². The zero-order valence-corrected chi connectivity index (χ0v) is 15.5. The SMILES string of the molecule is CCOc1ccc(C(=O)NCc2cccc(C(=O)NCc3ccco3)c2)cn1. The fraction of sp³-hybridized carbons (Fsp3) is 0.190. The quantitative estimate of drug-likeness (QED) is 0.628. The van der Waals surface area contributed by atoms with Crippen LogP contribution in [0.4, 0.5) is 0 Å². The normalized spacial score (nSPS) is 10.3. The van der Waals surface area contributed by atoms with Crippen LogP contribution in [0, 0.1) is 0 Å². The van der Waals surface area contributed by atoms with Gasteiger partial charge in [-0.3, -0.25) is 9.59 Å². The number of amides is 2. The highest BCUT2D eigenvalue weighted by Gasteiger charge is 2.09. The molecule has 7 nitrogen and oxygen atoms in total. The number of ether oxygens (including phenoxy) is 1. The van der Waals surface area contributed by atoms with E-state index in [0.717, 1.165) is 5.56 Å². The molecule has 3 aromatic rings. The van der Waals surface area contributed by atoms with Gasteiger partial charge in [-0.2, -0.15) is 0 Å². The minimum absolute atomic E-state index is 0.208.